The fourth-order valence-electron chi connectivity index (χ4n) is 4.31. The first-order valence-corrected chi connectivity index (χ1v) is 12.7. The molecule has 0 spiro atoms. The zero-order valence-corrected chi connectivity index (χ0v) is 22.4. The van der Waals surface area contributed by atoms with Crippen molar-refractivity contribution in [3.8, 4) is 23.3 Å². The molecule has 3 heterocycles. The minimum atomic E-state index is 0.332. The van der Waals surface area contributed by atoms with Gasteiger partial charge in [0.05, 0.1) is 59.9 Å². The Kier molecular flexibility index (Phi) is 7.86. The Hall–Kier alpha value is -3.55. The zero-order chi connectivity index (χ0) is 26.6. The van der Waals surface area contributed by atoms with Gasteiger partial charge in [0.2, 0.25) is 0 Å². The summed E-state index contributed by atoms with van der Waals surface area (Å²) in [6.07, 6.45) is 1.48. The highest BCUT2D eigenvalue weighted by atomic mass is 35.5. The van der Waals surface area contributed by atoms with Crippen LogP contribution in [-0.4, -0.2) is 68.5 Å². The van der Waals surface area contributed by atoms with E-state index < -0.39 is 0 Å². The summed E-state index contributed by atoms with van der Waals surface area (Å²) in [5.41, 5.74) is 2.52. The number of benzene rings is 2. The highest BCUT2D eigenvalue weighted by Crippen LogP contribution is 2.39. The van der Waals surface area contributed by atoms with Crippen LogP contribution >= 0.6 is 23.2 Å². The van der Waals surface area contributed by atoms with E-state index in [1.807, 2.05) is 18.2 Å². The lowest BCUT2D eigenvalue weighted by molar-refractivity contribution is 0.0321. The van der Waals surface area contributed by atoms with Gasteiger partial charge in [0, 0.05) is 48.7 Å². The van der Waals surface area contributed by atoms with Crippen LogP contribution in [0.15, 0.2) is 36.5 Å². The molecular weight excluding hydrogens is 529 g/mol. The Morgan fingerprint density at radius 3 is 2.55 bits per heavy atom. The summed E-state index contributed by atoms with van der Waals surface area (Å²) >= 11 is 12.6. The lowest BCUT2D eigenvalue weighted by Crippen LogP contribution is -2.38. The molecule has 0 aliphatic carbocycles. The van der Waals surface area contributed by atoms with E-state index in [4.69, 9.17) is 47.1 Å². The van der Waals surface area contributed by atoms with Gasteiger partial charge in [0.25, 0.3) is 0 Å². The number of fused-ring (bicyclic) bond motifs is 2. The Bertz CT molecular complexity index is 1540. The Labute approximate surface area is 229 Å². The van der Waals surface area contributed by atoms with E-state index in [9.17, 15) is 5.26 Å². The molecule has 196 valence electrons. The largest absolute Gasteiger partial charge is 0.495 e. The lowest BCUT2D eigenvalue weighted by atomic mass is 10.1. The first-order valence-electron chi connectivity index (χ1n) is 11.9. The topological polar surface area (TPSA) is 102 Å². The monoisotopic (exact) mass is 553 g/mol. The molecule has 1 N–H and O–H groups in total. The van der Waals surface area contributed by atoms with Gasteiger partial charge in [0.15, 0.2) is 17.1 Å². The van der Waals surface area contributed by atoms with E-state index >= 15 is 0 Å². The molecule has 5 rings (SSSR count). The maximum atomic E-state index is 9.80. The smallest absolute Gasteiger partial charge is 0.163 e. The Morgan fingerprint density at radius 2 is 1.82 bits per heavy atom. The highest BCUT2D eigenvalue weighted by molar-refractivity contribution is 6.37. The quantitative estimate of drug-likeness (QED) is 0.286. The van der Waals surface area contributed by atoms with Crippen molar-refractivity contribution in [3.05, 3.63) is 52.1 Å². The third kappa shape index (κ3) is 5.35. The average molecular weight is 554 g/mol. The molecule has 0 atom stereocenters. The number of ether oxygens (including phenoxy) is 4. The van der Waals surface area contributed by atoms with Gasteiger partial charge in [-0.05, 0) is 18.2 Å². The molecule has 4 aromatic rings. The molecule has 38 heavy (non-hydrogen) atoms. The van der Waals surface area contributed by atoms with Crippen molar-refractivity contribution >= 4 is 56.5 Å². The predicted molar refractivity (Wildman–Crippen MR) is 147 cm³/mol. The molecule has 0 radical (unpaired) electrons. The second-order valence-corrected chi connectivity index (χ2v) is 9.42. The van der Waals surface area contributed by atoms with Crippen LogP contribution in [0, 0.1) is 11.3 Å². The summed E-state index contributed by atoms with van der Waals surface area (Å²) in [7, 11) is 3.12. The van der Waals surface area contributed by atoms with Crippen LogP contribution in [0.1, 0.15) is 5.56 Å². The van der Waals surface area contributed by atoms with Crippen molar-refractivity contribution < 1.29 is 18.9 Å². The predicted octanol–water partition coefficient (Wildman–Crippen LogP) is 5.43. The van der Waals surface area contributed by atoms with Gasteiger partial charge in [0.1, 0.15) is 18.4 Å². The molecule has 0 amide bonds. The second kappa shape index (κ2) is 11.5. The van der Waals surface area contributed by atoms with E-state index in [1.54, 1.807) is 19.2 Å². The van der Waals surface area contributed by atoms with Crippen molar-refractivity contribution in [3.63, 3.8) is 0 Å². The number of anilines is 2. The van der Waals surface area contributed by atoms with Crippen molar-refractivity contribution in [2.24, 2.45) is 0 Å². The van der Waals surface area contributed by atoms with Crippen LogP contribution in [-0.2, 0) is 4.74 Å². The van der Waals surface area contributed by atoms with Crippen LogP contribution < -0.4 is 19.5 Å². The highest BCUT2D eigenvalue weighted by Gasteiger charge is 2.17. The molecule has 0 saturated carbocycles. The second-order valence-electron chi connectivity index (χ2n) is 8.61. The first kappa shape index (κ1) is 26.1. The van der Waals surface area contributed by atoms with Crippen molar-refractivity contribution in [1.29, 1.82) is 5.26 Å². The third-order valence-electron chi connectivity index (χ3n) is 6.33. The van der Waals surface area contributed by atoms with Gasteiger partial charge in [-0.3, -0.25) is 4.90 Å². The number of pyridine rings is 2. The van der Waals surface area contributed by atoms with Gasteiger partial charge >= 0.3 is 0 Å². The van der Waals surface area contributed by atoms with E-state index in [-0.39, 0.29) is 0 Å². The summed E-state index contributed by atoms with van der Waals surface area (Å²) in [6, 6.07) is 11.1. The standard InChI is InChI=1S/C27H25Cl2N5O4/c1-35-23-13-22(19(28)11-20(23)29)32-26-17(14-30)15-31-27-18(26)9-16-10-24(36-2)25(12-21(16)33-27)38-8-5-34-3-6-37-7-4-34/h9-13,15H,3-8H2,1-2H3,(H,31,32,33). The number of hydrogen-bond acceptors (Lipinski definition) is 9. The summed E-state index contributed by atoms with van der Waals surface area (Å²) in [5.74, 6) is 1.64. The number of halogens is 2. The number of hydrogen-bond donors (Lipinski definition) is 1. The van der Waals surface area contributed by atoms with Crippen molar-refractivity contribution in [2.45, 2.75) is 0 Å². The molecule has 1 fully saturated rings. The zero-order valence-electron chi connectivity index (χ0n) is 20.9. The molecule has 2 aromatic heterocycles. The fourth-order valence-corrected chi connectivity index (χ4v) is 4.81. The number of nitrogens with one attached hydrogen (secondary N) is 1. The molecule has 9 nitrogen and oxygen atoms in total. The Balaban J connectivity index is 1.51. The van der Waals surface area contributed by atoms with E-state index in [0.717, 1.165) is 38.2 Å². The molecule has 0 unspecified atom stereocenters. The van der Waals surface area contributed by atoms with E-state index in [2.05, 4.69) is 21.3 Å². The SMILES string of the molecule is COc1cc(Nc2c(C#N)cnc3nc4cc(OCCN5CCOCC5)c(OC)cc4cc23)c(Cl)cc1Cl. The van der Waals surface area contributed by atoms with E-state index in [1.165, 1.54) is 13.3 Å². The first-order chi connectivity index (χ1) is 18.5. The molecule has 0 bridgehead atoms. The molecule has 2 aromatic carbocycles. The molecule has 1 saturated heterocycles. The number of morpholine rings is 1. The maximum Gasteiger partial charge on any atom is 0.163 e. The van der Waals surface area contributed by atoms with Crippen LogP contribution in [0.4, 0.5) is 11.4 Å². The van der Waals surface area contributed by atoms with Gasteiger partial charge in [-0.1, -0.05) is 23.2 Å². The fraction of sp³-hybridized carbons (Fsp3) is 0.296. The molecule has 1 aliphatic heterocycles. The Morgan fingerprint density at radius 1 is 1.03 bits per heavy atom. The average Bonchev–Trinajstić information content (AvgIpc) is 2.93. The van der Waals surface area contributed by atoms with Crippen LogP contribution in [0.2, 0.25) is 10.0 Å². The van der Waals surface area contributed by atoms with Crippen molar-refractivity contribution in [1.82, 2.24) is 14.9 Å². The van der Waals surface area contributed by atoms with E-state index in [0.29, 0.717) is 67.4 Å². The minimum Gasteiger partial charge on any atom is -0.495 e. The molecule has 11 heteroatoms. The van der Waals surface area contributed by atoms with Crippen LogP contribution in [0.25, 0.3) is 21.9 Å². The normalized spacial score (nSPS) is 13.9. The van der Waals surface area contributed by atoms with Gasteiger partial charge < -0.3 is 24.3 Å². The van der Waals surface area contributed by atoms with Gasteiger partial charge in [-0.25, -0.2) is 9.97 Å². The lowest BCUT2D eigenvalue weighted by Gasteiger charge is -2.26. The number of nitrogens with zero attached hydrogens (tertiary/aromatic N) is 4. The number of methoxy groups -OCH3 is 2. The summed E-state index contributed by atoms with van der Waals surface area (Å²) in [4.78, 5) is 11.5. The molecule has 1 aliphatic rings. The number of rotatable bonds is 8. The number of nitriles is 1. The van der Waals surface area contributed by atoms with Crippen LogP contribution in [0.5, 0.6) is 17.2 Å². The van der Waals surface area contributed by atoms with Crippen molar-refractivity contribution in [2.75, 3.05) is 59.0 Å². The third-order valence-corrected chi connectivity index (χ3v) is 6.93. The summed E-state index contributed by atoms with van der Waals surface area (Å²) in [6.45, 7) is 4.58. The van der Waals surface area contributed by atoms with Gasteiger partial charge in [-0.15, -0.1) is 0 Å². The van der Waals surface area contributed by atoms with Gasteiger partial charge in [-0.2, -0.15) is 5.26 Å². The number of aromatic nitrogens is 2. The maximum absolute atomic E-state index is 9.80. The molecular formula is C27H25Cl2N5O4. The summed E-state index contributed by atoms with van der Waals surface area (Å²) < 4.78 is 22.4. The minimum absolute atomic E-state index is 0.332. The summed E-state index contributed by atoms with van der Waals surface area (Å²) in [5, 5.41) is 15.3. The van der Waals surface area contributed by atoms with Crippen LogP contribution in [0.3, 0.4) is 0 Å².